The molecule has 1 atom stereocenters. The van der Waals surface area contributed by atoms with E-state index in [0.717, 1.165) is 26.1 Å². The zero-order valence-corrected chi connectivity index (χ0v) is 11.3. The molecule has 0 amide bonds. The first-order valence-electron chi connectivity index (χ1n) is 6.80. The minimum absolute atomic E-state index is 0.564. The average Bonchev–Trinajstić information content (AvgIpc) is 2.97. The van der Waals surface area contributed by atoms with Crippen LogP contribution in [0, 0.1) is 0 Å². The van der Waals surface area contributed by atoms with E-state index in [1.54, 1.807) is 0 Å². The van der Waals surface area contributed by atoms with Crippen molar-refractivity contribution in [2.75, 3.05) is 18.0 Å². The molecule has 3 rings (SSSR count). The van der Waals surface area contributed by atoms with Gasteiger partial charge in [-0.05, 0) is 30.7 Å². The second-order valence-corrected chi connectivity index (χ2v) is 5.16. The number of aromatic nitrogens is 2. The van der Waals surface area contributed by atoms with Gasteiger partial charge in [-0.25, -0.2) is 0 Å². The Morgan fingerprint density at radius 2 is 2.16 bits per heavy atom. The van der Waals surface area contributed by atoms with Crippen LogP contribution in [0.4, 0.5) is 5.69 Å². The summed E-state index contributed by atoms with van der Waals surface area (Å²) in [7, 11) is 1.99. The first-order valence-corrected chi connectivity index (χ1v) is 6.80. The summed E-state index contributed by atoms with van der Waals surface area (Å²) in [5, 5.41) is 4.24. The van der Waals surface area contributed by atoms with E-state index in [9.17, 15) is 0 Å². The van der Waals surface area contributed by atoms with Crippen LogP contribution in [0.1, 0.15) is 23.6 Å². The maximum absolute atomic E-state index is 5.74. The van der Waals surface area contributed by atoms with Crippen LogP contribution in [-0.2, 0) is 13.6 Å². The largest absolute Gasteiger partial charge is 0.365 e. The van der Waals surface area contributed by atoms with E-state index in [1.807, 2.05) is 17.9 Å². The summed E-state index contributed by atoms with van der Waals surface area (Å²) >= 11 is 0. The first-order chi connectivity index (χ1) is 9.29. The zero-order chi connectivity index (χ0) is 13.2. The molecule has 4 nitrogen and oxygen atoms in total. The van der Waals surface area contributed by atoms with Crippen molar-refractivity contribution in [2.24, 2.45) is 12.8 Å². The van der Waals surface area contributed by atoms with Crippen LogP contribution in [0.2, 0.25) is 0 Å². The Balaban J connectivity index is 1.86. The Morgan fingerprint density at radius 1 is 1.32 bits per heavy atom. The molecule has 1 aromatic carbocycles. The lowest BCUT2D eigenvalue weighted by Gasteiger charge is -2.20. The highest BCUT2D eigenvalue weighted by Crippen LogP contribution is 2.38. The molecule has 0 saturated heterocycles. The third-order valence-corrected chi connectivity index (χ3v) is 3.95. The van der Waals surface area contributed by atoms with Gasteiger partial charge in [-0.1, -0.05) is 18.2 Å². The van der Waals surface area contributed by atoms with Crippen molar-refractivity contribution in [3.63, 3.8) is 0 Å². The Morgan fingerprint density at radius 3 is 2.89 bits per heavy atom. The maximum Gasteiger partial charge on any atom is 0.0599 e. The topological polar surface area (TPSA) is 47.1 Å². The van der Waals surface area contributed by atoms with Crippen LogP contribution in [0.3, 0.4) is 0 Å². The molecule has 19 heavy (non-hydrogen) atoms. The summed E-state index contributed by atoms with van der Waals surface area (Å²) in [5.74, 6) is 0.564. The smallest absolute Gasteiger partial charge is 0.0599 e. The predicted octanol–water partition coefficient (Wildman–Crippen LogP) is 1.87. The molecule has 0 spiro atoms. The number of nitrogens with two attached hydrogens (primary N) is 1. The van der Waals surface area contributed by atoms with Crippen molar-refractivity contribution < 1.29 is 0 Å². The van der Waals surface area contributed by atoms with Crippen LogP contribution in [0.5, 0.6) is 0 Å². The Kier molecular flexibility index (Phi) is 3.25. The number of nitrogens with zero attached hydrogens (tertiary/aromatic N) is 3. The Hall–Kier alpha value is -1.81. The van der Waals surface area contributed by atoms with Crippen LogP contribution in [0.25, 0.3) is 0 Å². The zero-order valence-electron chi connectivity index (χ0n) is 11.3. The molecule has 2 aromatic rings. The highest BCUT2D eigenvalue weighted by molar-refractivity contribution is 5.60. The molecular formula is C15H20N4. The fourth-order valence-electron chi connectivity index (χ4n) is 2.93. The van der Waals surface area contributed by atoms with Gasteiger partial charge in [-0.15, -0.1) is 0 Å². The molecule has 1 aromatic heterocycles. The summed E-state index contributed by atoms with van der Waals surface area (Å²) in [6.45, 7) is 2.72. The van der Waals surface area contributed by atoms with E-state index in [0.29, 0.717) is 5.92 Å². The van der Waals surface area contributed by atoms with E-state index < -0.39 is 0 Å². The number of para-hydroxylation sites is 1. The van der Waals surface area contributed by atoms with Gasteiger partial charge in [0.2, 0.25) is 0 Å². The third-order valence-electron chi connectivity index (χ3n) is 3.95. The first kappa shape index (κ1) is 12.2. The normalized spacial score (nSPS) is 17.8. The minimum Gasteiger partial charge on any atom is -0.365 e. The lowest BCUT2D eigenvalue weighted by molar-refractivity contribution is 0.627. The lowest BCUT2D eigenvalue weighted by atomic mass is 9.98. The molecular weight excluding hydrogens is 236 g/mol. The lowest BCUT2D eigenvalue weighted by Crippen LogP contribution is -2.23. The fourth-order valence-corrected chi connectivity index (χ4v) is 2.93. The molecule has 1 aliphatic heterocycles. The molecule has 1 aliphatic rings. The molecule has 0 saturated carbocycles. The quantitative estimate of drug-likeness (QED) is 0.908. The van der Waals surface area contributed by atoms with E-state index in [4.69, 9.17) is 5.73 Å². The number of rotatable bonds is 4. The highest BCUT2D eigenvalue weighted by Gasteiger charge is 2.27. The van der Waals surface area contributed by atoms with Crippen molar-refractivity contribution in [1.29, 1.82) is 0 Å². The molecule has 0 radical (unpaired) electrons. The van der Waals surface area contributed by atoms with Gasteiger partial charge in [-0.2, -0.15) is 5.10 Å². The number of benzene rings is 1. The number of aryl methyl sites for hydroxylation is 1. The number of hydrogen-bond donors (Lipinski definition) is 1. The van der Waals surface area contributed by atoms with E-state index in [-0.39, 0.29) is 0 Å². The third kappa shape index (κ3) is 2.24. The number of anilines is 1. The predicted molar refractivity (Wildman–Crippen MR) is 77.1 cm³/mol. The van der Waals surface area contributed by atoms with E-state index in [2.05, 4.69) is 40.3 Å². The molecule has 2 N–H and O–H groups in total. The van der Waals surface area contributed by atoms with Gasteiger partial charge in [0, 0.05) is 31.4 Å². The Bertz CT molecular complexity index is 561. The van der Waals surface area contributed by atoms with E-state index >= 15 is 0 Å². The summed E-state index contributed by atoms with van der Waals surface area (Å²) in [6, 6.07) is 10.8. The second-order valence-electron chi connectivity index (χ2n) is 5.16. The van der Waals surface area contributed by atoms with Gasteiger partial charge in [0.05, 0.1) is 12.2 Å². The van der Waals surface area contributed by atoms with Crippen molar-refractivity contribution in [3.05, 3.63) is 47.8 Å². The SMILES string of the molecule is Cn1nccc1CN1CC(CCN)c2ccccc21. The van der Waals surface area contributed by atoms with Gasteiger partial charge >= 0.3 is 0 Å². The monoisotopic (exact) mass is 256 g/mol. The molecule has 0 aliphatic carbocycles. The molecule has 1 unspecified atom stereocenters. The van der Waals surface area contributed by atoms with Crippen LogP contribution in [-0.4, -0.2) is 22.9 Å². The van der Waals surface area contributed by atoms with Crippen molar-refractivity contribution in [1.82, 2.24) is 9.78 Å². The molecule has 0 fully saturated rings. The van der Waals surface area contributed by atoms with Gasteiger partial charge in [-0.3, -0.25) is 4.68 Å². The standard InChI is InChI=1S/C15H20N4/c1-18-13(7-9-17-18)11-19-10-12(6-8-16)14-4-2-3-5-15(14)19/h2-5,7,9,12H,6,8,10-11,16H2,1H3. The summed E-state index contributed by atoms with van der Waals surface area (Å²) in [6.07, 6.45) is 2.91. The fraction of sp³-hybridized carbons (Fsp3) is 0.400. The summed E-state index contributed by atoms with van der Waals surface area (Å²) in [4.78, 5) is 2.44. The number of fused-ring (bicyclic) bond motifs is 1. The Labute approximate surface area is 113 Å². The van der Waals surface area contributed by atoms with Gasteiger partial charge in [0.25, 0.3) is 0 Å². The van der Waals surface area contributed by atoms with Crippen molar-refractivity contribution >= 4 is 5.69 Å². The molecule has 2 heterocycles. The van der Waals surface area contributed by atoms with Crippen molar-refractivity contribution in [2.45, 2.75) is 18.9 Å². The molecule has 4 heteroatoms. The van der Waals surface area contributed by atoms with Crippen molar-refractivity contribution in [3.8, 4) is 0 Å². The van der Waals surface area contributed by atoms with Gasteiger partial charge in [0.15, 0.2) is 0 Å². The maximum atomic E-state index is 5.74. The van der Waals surface area contributed by atoms with Crippen LogP contribution >= 0.6 is 0 Å². The minimum atomic E-state index is 0.564. The second kappa shape index (κ2) is 5.05. The van der Waals surface area contributed by atoms with Crippen LogP contribution < -0.4 is 10.6 Å². The van der Waals surface area contributed by atoms with Crippen LogP contribution in [0.15, 0.2) is 36.5 Å². The van der Waals surface area contributed by atoms with E-state index in [1.165, 1.54) is 16.9 Å². The summed E-state index contributed by atoms with van der Waals surface area (Å²) in [5.41, 5.74) is 9.77. The highest BCUT2D eigenvalue weighted by atomic mass is 15.3. The number of hydrogen-bond acceptors (Lipinski definition) is 3. The molecule has 100 valence electrons. The van der Waals surface area contributed by atoms with Gasteiger partial charge in [0.1, 0.15) is 0 Å². The van der Waals surface area contributed by atoms with Gasteiger partial charge < -0.3 is 10.6 Å². The molecule has 0 bridgehead atoms. The summed E-state index contributed by atoms with van der Waals surface area (Å²) < 4.78 is 1.94. The average molecular weight is 256 g/mol.